The summed E-state index contributed by atoms with van der Waals surface area (Å²) < 4.78 is 0. The lowest BCUT2D eigenvalue weighted by atomic mass is 10.1. The first-order valence-corrected chi connectivity index (χ1v) is 6.61. The van der Waals surface area contributed by atoms with E-state index in [0.717, 1.165) is 4.90 Å². The monoisotopic (exact) mass is 310 g/mol. The molecule has 0 atom stereocenters. The maximum Gasteiger partial charge on any atom is 0.394 e. The van der Waals surface area contributed by atoms with Crippen molar-refractivity contribution in [1.29, 1.82) is 0 Å². The van der Waals surface area contributed by atoms with Crippen molar-refractivity contribution in [3.05, 3.63) is 59.7 Å². The van der Waals surface area contributed by atoms with E-state index in [1.54, 1.807) is 24.3 Å². The molecule has 0 spiro atoms. The van der Waals surface area contributed by atoms with Gasteiger partial charge in [-0.15, -0.1) is 0 Å². The molecule has 114 valence electrons. The van der Waals surface area contributed by atoms with Crippen LogP contribution in [0.5, 0.6) is 0 Å². The lowest BCUT2D eigenvalue weighted by Crippen LogP contribution is -2.29. The number of carboxylic acid groups (broad SMARTS) is 1. The lowest BCUT2D eigenvalue weighted by Gasteiger charge is -2.15. The summed E-state index contributed by atoms with van der Waals surface area (Å²) in [6, 6.07) is 12.3. The molecule has 23 heavy (non-hydrogen) atoms. The summed E-state index contributed by atoms with van der Waals surface area (Å²) in [4.78, 5) is 47.5. The number of hydrogen-bond donors (Lipinski definition) is 2. The van der Waals surface area contributed by atoms with Crippen LogP contribution in [0.2, 0.25) is 0 Å². The van der Waals surface area contributed by atoms with Crippen molar-refractivity contribution in [3.63, 3.8) is 0 Å². The Kier molecular flexibility index (Phi) is 3.38. The summed E-state index contributed by atoms with van der Waals surface area (Å²) in [5, 5.41) is 10.8. The number of benzene rings is 2. The van der Waals surface area contributed by atoms with Gasteiger partial charge in [-0.05, 0) is 30.3 Å². The molecule has 1 aliphatic heterocycles. The normalized spacial score (nSPS) is 13.0. The van der Waals surface area contributed by atoms with Gasteiger partial charge in [-0.2, -0.15) is 0 Å². The molecule has 0 saturated carbocycles. The minimum Gasteiger partial charge on any atom is -0.474 e. The van der Waals surface area contributed by atoms with E-state index in [9.17, 15) is 19.2 Å². The Morgan fingerprint density at radius 1 is 0.913 bits per heavy atom. The maximum atomic E-state index is 12.4. The molecule has 2 aromatic carbocycles. The van der Waals surface area contributed by atoms with Crippen molar-refractivity contribution in [2.24, 2.45) is 0 Å². The fourth-order valence-corrected chi connectivity index (χ4v) is 2.33. The molecular formula is C16H10N2O5. The highest BCUT2D eigenvalue weighted by atomic mass is 16.4. The van der Waals surface area contributed by atoms with Crippen molar-refractivity contribution in [3.8, 4) is 0 Å². The minimum absolute atomic E-state index is 0.173. The van der Waals surface area contributed by atoms with Crippen molar-refractivity contribution in [2.45, 2.75) is 0 Å². The maximum absolute atomic E-state index is 12.4. The molecule has 0 radical (unpaired) electrons. The molecule has 2 N–H and O–H groups in total. The van der Waals surface area contributed by atoms with Crippen LogP contribution in [0.3, 0.4) is 0 Å². The second kappa shape index (κ2) is 5.38. The van der Waals surface area contributed by atoms with Crippen LogP contribution in [0, 0.1) is 0 Å². The Bertz CT molecular complexity index is 824. The van der Waals surface area contributed by atoms with Gasteiger partial charge in [0.05, 0.1) is 16.8 Å². The van der Waals surface area contributed by atoms with Crippen molar-refractivity contribution in [1.82, 2.24) is 0 Å². The minimum atomic E-state index is -1.63. The van der Waals surface area contributed by atoms with Gasteiger partial charge in [-0.1, -0.05) is 18.2 Å². The van der Waals surface area contributed by atoms with E-state index in [-0.39, 0.29) is 11.4 Å². The number of carboxylic acids is 1. The van der Waals surface area contributed by atoms with Crippen molar-refractivity contribution >= 4 is 35.1 Å². The topological polar surface area (TPSA) is 104 Å². The highest BCUT2D eigenvalue weighted by molar-refractivity contribution is 6.37. The number of imide groups is 1. The molecule has 1 aliphatic rings. The van der Waals surface area contributed by atoms with Crippen LogP contribution in [-0.2, 0) is 9.59 Å². The van der Waals surface area contributed by atoms with Crippen LogP contribution < -0.4 is 10.2 Å². The summed E-state index contributed by atoms with van der Waals surface area (Å²) in [5.74, 6) is -3.76. The number of anilines is 2. The van der Waals surface area contributed by atoms with Crippen LogP contribution in [0.1, 0.15) is 20.7 Å². The van der Waals surface area contributed by atoms with Crippen molar-refractivity contribution in [2.75, 3.05) is 10.2 Å². The third-order valence-electron chi connectivity index (χ3n) is 3.35. The zero-order valence-corrected chi connectivity index (χ0v) is 11.6. The average molecular weight is 310 g/mol. The van der Waals surface area contributed by atoms with E-state index >= 15 is 0 Å². The largest absolute Gasteiger partial charge is 0.474 e. The van der Waals surface area contributed by atoms with E-state index < -0.39 is 23.7 Å². The third kappa shape index (κ3) is 2.44. The molecular weight excluding hydrogens is 300 g/mol. The predicted molar refractivity (Wildman–Crippen MR) is 80.3 cm³/mol. The number of carbonyl (C=O) groups excluding carboxylic acids is 3. The molecule has 3 amide bonds. The van der Waals surface area contributed by atoms with E-state index in [0.29, 0.717) is 11.1 Å². The van der Waals surface area contributed by atoms with E-state index in [1.807, 2.05) is 0 Å². The first kappa shape index (κ1) is 14.5. The molecule has 1 heterocycles. The van der Waals surface area contributed by atoms with E-state index in [1.165, 1.54) is 24.3 Å². The summed E-state index contributed by atoms with van der Waals surface area (Å²) in [7, 11) is 0. The van der Waals surface area contributed by atoms with Crippen LogP contribution in [0.4, 0.5) is 11.4 Å². The number of nitrogens with zero attached hydrogens (tertiary/aromatic N) is 1. The molecule has 0 aromatic heterocycles. The Hall–Kier alpha value is -3.48. The zero-order chi connectivity index (χ0) is 16.6. The Balaban J connectivity index is 1.95. The number of carbonyl (C=O) groups is 4. The highest BCUT2D eigenvalue weighted by Crippen LogP contribution is 2.29. The fourth-order valence-electron chi connectivity index (χ4n) is 2.33. The van der Waals surface area contributed by atoms with Gasteiger partial charge in [-0.3, -0.25) is 14.4 Å². The standard InChI is InChI=1S/C16H10N2O5/c19-13(16(22)23)17-9-4-3-5-10(8-9)18-14(20)11-6-1-2-7-12(11)15(18)21/h1-8H,(H,17,19)(H,22,23). The van der Waals surface area contributed by atoms with Crippen LogP contribution in [0.15, 0.2) is 48.5 Å². The second-order valence-corrected chi connectivity index (χ2v) is 4.80. The molecule has 0 aliphatic carbocycles. The van der Waals surface area contributed by atoms with E-state index in [4.69, 9.17) is 5.11 Å². The number of aliphatic carboxylic acids is 1. The number of hydrogen-bond acceptors (Lipinski definition) is 4. The molecule has 0 fully saturated rings. The first-order chi connectivity index (χ1) is 11.0. The summed E-state index contributed by atoms with van der Waals surface area (Å²) >= 11 is 0. The Labute approximate surface area is 130 Å². The fraction of sp³-hybridized carbons (Fsp3) is 0. The molecule has 0 unspecified atom stereocenters. The quantitative estimate of drug-likeness (QED) is 0.646. The molecule has 2 aromatic rings. The number of rotatable bonds is 2. The third-order valence-corrected chi connectivity index (χ3v) is 3.35. The first-order valence-electron chi connectivity index (χ1n) is 6.61. The van der Waals surface area contributed by atoms with Gasteiger partial charge in [-0.25, -0.2) is 9.69 Å². The van der Waals surface area contributed by atoms with Crippen molar-refractivity contribution < 1.29 is 24.3 Å². The van der Waals surface area contributed by atoms with Gasteiger partial charge < -0.3 is 10.4 Å². The number of fused-ring (bicyclic) bond motifs is 1. The molecule has 0 bridgehead atoms. The van der Waals surface area contributed by atoms with Gasteiger partial charge in [0.2, 0.25) is 0 Å². The summed E-state index contributed by atoms with van der Waals surface area (Å²) in [6.07, 6.45) is 0. The smallest absolute Gasteiger partial charge is 0.394 e. The predicted octanol–water partition coefficient (Wildman–Crippen LogP) is 1.51. The lowest BCUT2D eigenvalue weighted by molar-refractivity contribution is -0.147. The van der Waals surface area contributed by atoms with Crippen LogP contribution in [0.25, 0.3) is 0 Å². The Morgan fingerprint density at radius 2 is 1.52 bits per heavy atom. The zero-order valence-electron chi connectivity index (χ0n) is 11.6. The Morgan fingerprint density at radius 3 is 2.09 bits per heavy atom. The van der Waals surface area contributed by atoms with Gasteiger partial charge in [0.1, 0.15) is 0 Å². The molecule has 7 heteroatoms. The van der Waals surface area contributed by atoms with E-state index in [2.05, 4.69) is 5.32 Å². The molecule has 0 saturated heterocycles. The van der Waals surface area contributed by atoms with Gasteiger partial charge in [0, 0.05) is 5.69 Å². The summed E-state index contributed by atoms with van der Waals surface area (Å²) in [5.41, 5.74) is 1.03. The van der Waals surface area contributed by atoms with Gasteiger partial charge in [0.15, 0.2) is 0 Å². The number of amides is 3. The second-order valence-electron chi connectivity index (χ2n) is 4.80. The molecule has 3 rings (SSSR count). The van der Waals surface area contributed by atoms with Gasteiger partial charge >= 0.3 is 11.9 Å². The SMILES string of the molecule is O=C(O)C(=O)Nc1cccc(N2C(=O)c3ccccc3C2=O)c1. The average Bonchev–Trinajstić information content (AvgIpc) is 2.79. The summed E-state index contributed by atoms with van der Waals surface area (Å²) in [6.45, 7) is 0. The van der Waals surface area contributed by atoms with Crippen LogP contribution >= 0.6 is 0 Å². The van der Waals surface area contributed by atoms with Gasteiger partial charge in [0.25, 0.3) is 11.8 Å². The molecule has 7 nitrogen and oxygen atoms in total. The highest BCUT2D eigenvalue weighted by Gasteiger charge is 2.36. The number of nitrogens with one attached hydrogen (secondary N) is 1. The van der Waals surface area contributed by atoms with Crippen LogP contribution in [-0.4, -0.2) is 28.8 Å².